The molecule has 1 aromatic carbocycles. The lowest BCUT2D eigenvalue weighted by Crippen LogP contribution is -2.52. The highest BCUT2D eigenvalue weighted by atomic mass is 16.7. The number of aromatic hydroxyl groups is 1. The molecule has 5 atom stereocenters. The van der Waals surface area contributed by atoms with Gasteiger partial charge in [0.05, 0.1) is 23.8 Å². The summed E-state index contributed by atoms with van der Waals surface area (Å²) < 4.78 is 25.2. The van der Waals surface area contributed by atoms with Gasteiger partial charge in [0, 0.05) is 30.2 Å². The summed E-state index contributed by atoms with van der Waals surface area (Å²) in [6, 6.07) is 2.96. The molecule has 260 valence electrons. The fraction of sp³-hybridized carbons (Fsp3) is 0.526. The van der Waals surface area contributed by atoms with Crippen molar-refractivity contribution in [2.45, 2.75) is 114 Å². The number of fused-ring (bicyclic) bond motifs is 4. The standard InChI is InChI=1S/C38H46N4O7/c1-20-14-25(43)32-26(46-20)18-27-31(33(32)44)23-8-4-5-12-38(35(45)47-34(23)36(2,3)48-27)28(49-38)19-37(10-6-7-11-37)22-16-24(42-30(40)17-22)21-9-13-41-29(39)15-21/h9,14-18,23-24,28,34,41-42,44H,4-8,10-13,19,39-40H2,1-3H3. The number of allylic oxidation sites excluding steroid dienone is 2. The van der Waals surface area contributed by atoms with Crippen LogP contribution in [0, 0.1) is 12.3 Å². The van der Waals surface area contributed by atoms with E-state index >= 15 is 0 Å². The summed E-state index contributed by atoms with van der Waals surface area (Å²) in [6.45, 7) is 6.15. The zero-order valence-corrected chi connectivity index (χ0v) is 28.4. The van der Waals surface area contributed by atoms with Crippen LogP contribution in [-0.2, 0) is 14.3 Å². The van der Waals surface area contributed by atoms with Crippen molar-refractivity contribution in [1.29, 1.82) is 0 Å². The monoisotopic (exact) mass is 670 g/mol. The molecule has 3 fully saturated rings. The van der Waals surface area contributed by atoms with E-state index in [0.29, 0.717) is 54.5 Å². The third-order valence-corrected chi connectivity index (χ3v) is 11.7. The van der Waals surface area contributed by atoms with Gasteiger partial charge in [0.2, 0.25) is 0 Å². The lowest BCUT2D eigenvalue weighted by molar-refractivity contribution is -0.170. The molecule has 2 saturated heterocycles. The Morgan fingerprint density at radius 3 is 2.57 bits per heavy atom. The van der Waals surface area contributed by atoms with E-state index in [-0.39, 0.29) is 51.6 Å². The van der Waals surface area contributed by atoms with E-state index in [4.69, 9.17) is 30.1 Å². The molecule has 6 heterocycles. The number of epoxide rings is 1. The molecule has 1 spiro atoms. The molecular weight excluding hydrogens is 624 g/mol. The summed E-state index contributed by atoms with van der Waals surface area (Å²) in [7, 11) is 0. The normalized spacial score (nSPS) is 31.5. The van der Waals surface area contributed by atoms with E-state index in [1.165, 1.54) is 11.6 Å². The number of rotatable bonds is 4. The number of nitrogens with two attached hydrogens (primary N) is 2. The summed E-state index contributed by atoms with van der Waals surface area (Å²) >= 11 is 0. The van der Waals surface area contributed by atoms with Gasteiger partial charge in [-0.2, -0.15) is 0 Å². The quantitative estimate of drug-likeness (QED) is 0.226. The minimum absolute atomic E-state index is 0.0978. The molecular formula is C38H46N4O7. The number of esters is 1. The zero-order valence-electron chi connectivity index (χ0n) is 28.4. The molecule has 2 aromatic rings. The van der Waals surface area contributed by atoms with Crippen LogP contribution in [0.1, 0.15) is 88.9 Å². The van der Waals surface area contributed by atoms with Crippen molar-refractivity contribution in [3.8, 4) is 11.5 Å². The topological polar surface area (TPSA) is 175 Å². The number of carbonyl (C=O) groups is 1. The second-order valence-corrected chi connectivity index (χ2v) is 15.3. The molecule has 0 radical (unpaired) electrons. The Labute approximate surface area is 285 Å². The number of nitrogens with one attached hydrogen (secondary N) is 2. The van der Waals surface area contributed by atoms with Crippen LogP contribution in [0.2, 0.25) is 0 Å². The van der Waals surface area contributed by atoms with Crippen LogP contribution in [0.15, 0.2) is 68.4 Å². The number of carbonyl (C=O) groups excluding carboxylic acids is 1. The minimum Gasteiger partial charge on any atom is -0.507 e. The Hall–Kier alpha value is -4.38. The molecule has 0 amide bonds. The summed E-state index contributed by atoms with van der Waals surface area (Å²) in [6.07, 6.45) is 15.0. The largest absolute Gasteiger partial charge is 0.507 e. The Kier molecular flexibility index (Phi) is 7.37. The van der Waals surface area contributed by atoms with Crippen LogP contribution in [-0.4, -0.2) is 47.1 Å². The van der Waals surface area contributed by atoms with Crippen molar-refractivity contribution in [3.05, 3.63) is 80.8 Å². The van der Waals surface area contributed by atoms with Gasteiger partial charge >= 0.3 is 5.97 Å². The third kappa shape index (κ3) is 5.28. The summed E-state index contributed by atoms with van der Waals surface area (Å²) in [4.78, 5) is 27.3. The van der Waals surface area contributed by atoms with Crippen LogP contribution in [0.3, 0.4) is 0 Å². The van der Waals surface area contributed by atoms with Gasteiger partial charge in [-0.05, 0) is 88.0 Å². The van der Waals surface area contributed by atoms with E-state index in [0.717, 1.165) is 44.1 Å². The first-order valence-corrected chi connectivity index (χ1v) is 17.6. The molecule has 0 bridgehead atoms. The predicted octanol–water partition coefficient (Wildman–Crippen LogP) is 4.66. The molecule has 11 nitrogen and oxygen atoms in total. The van der Waals surface area contributed by atoms with E-state index in [1.54, 1.807) is 13.0 Å². The van der Waals surface area contributed by atoms with Crippen molar-refractivity contribution >= 4 is 16.9 Å². The Bertz CT molecular complexity index is 1920. The first-order valence-electron chi connectivity index (χ1n) is 17.6. The number of benzene rings is 1. The van der Waals surface area contributed by atoms with E-state index in [2.05, 4.69) is 28.9 Å². The van der Waals surface area contributed by atoms with Crippen molar-refractivity contribution in [1.82, 2.24) is 10.6 Å². The number of ether oxygens (including phenoxy) is 3. The molecule has 8 rings (SSSR count). The third-order valence-electron chi connectivity index (χ3n) is 11.7. The molecule has 6 aliphatic rings. The van der Waals surface area contributed by atoms with Crippen LogP contribution in [0.25, 0.3) is 11.0 Å². The average Bonchev–Trinajstić information content (AvgIpc) is 3.48. The maximum atomic E-state index is 14.3. The Balaban J connectivity index is 1.09. The van der Waals surface area contributed by atoms with Crippen LogP contribution in [0.4, 0.5) is 0 Å². The Morgan fingerprint density at radius 2 is 1.80 bits per heavy atom. The molecule has 49 heavy (non-hydrogen) atoms. The Morgan fingerprint density at radius 1 is 1.02 bits per heavy atom. The molecule has 1 saturated carbocycles. The van der Waals surface area contributed by atoms with Crippen LogP contribution in [0.5, 0.6) is 11.5 Å². The fourth-order valence-electron chi connectivity index (χ4n) is 9.23. The number of hydrogen-bond acceptors (Lipinski definition) is 11. The number of phenolic OH excluding ortho intramolecular Hbond substituents is 1. The molecule has 5 aliphatic heterocycles. The first kappa shape index (κ1) is 31.9. The van der Waals surface area contributed by atoms with Crippen molar-refractivity contribution in [2.24, 2.45) is 16.9 Å². The van der Waals surface area contributed by atoms with Crippen molar-refractivity contribution < 1.29 is 28.5 Å². The highest BCUT2D eigenvalue weighted by Crippen LogP contribution is 2.58. The smallest absolute Gasteiger partial charge is 0.341 e. The fourth-order valence-corrected chi connectivity index (χ4v) is 9.23. The lowest BCUT2D eigenvalue weighted by atomic mass is 9.71. The maximum absolute atomic E-state index is 14.3. The molecule has 1 aliphatic carbocycles. The molecule has 1 aromatic heterocycles. The summed E-state index contributed by atoms with van der Waals surface area (Å²) in [5.74, 6) is 1.21. The molecule has 5 unspecified atom stereocenters. The minimum atomic E-state index is -1.04. The highest BCUT2D eigenvalue weighted by molar-refractivity contribution is 5.88. The maximum Gasteiger partial charge on any atom is 0.341 e. The second-order valence-electron chi connectivity index (χ2n) is 15.3. The summed E-state index contributed by atoms with van der Waals surface area (Å²) in [5.41, 5.74) is 13.1. The first-order chi connectivity index (χ1) is 23.4. The van der Waals surface area contributed by atoms with Crippen LogP contribution < -0.4 is 32.3 Å². The second kappa shape index (κ2) is 11.3. The van der Waals surface area contributed by atoms with Gasteiger partial charge in [-0.1, -0.05) is 31.4 Å². The average molecular weight is 671 g/mol. The van der Waals surface area contributed by atoms with Gasteiger partial charge in [0.15, 0.2) is 11.0 Å². The number of phenols is 1. The van der Waals surface area contributed by atoms with Gasteiger partial charge in [0.1, 0.15) is 39.9 Å². The number of dihydropyridines is 2. The SMILES string of the molecule is Cc1cc(=O)c2c(O)c3c(cc2o1)OC(C)(C)C1OC(=O)C2(CCCCC31)OC2CC1(C2=CC(C3=CCNC(N)=C3)NC(N)=C2)CCCC1. The van der Waals surface area contributed by atoms with Gasteiger partial charge in [-0.15, -0.1) is 0 Å². The van der Waals surface area contributed by atoms with Gasteiger partial charge in [-0.25, -0.2) is 4.79 Å². The summed E-state index contributed by atoms with van der Waals surface area (Å²) in [5, 5.41) is 18.2. The van der Waals surface area contributed by atoms with Crippen molar-refractivity contribution in [2.75, 3.05) is 6.54 Å². The van der Waals surface area contributed by atoms with E-state index in [9.17, 15) is 14.7 Å². The van der Waals surface area contributed by atoms with Crippen molar-refractivity contribution in [3.63, 3.8) is 0 Å². The molecule has 11 heteroatoms. The van der Waals surface area contributed by atoms with Gasteiger partial charge in [0.25, 0.3) is 0 Å². The predicted molar refractivity (Wildman–Crippen MR) is 183 cm³/mol. The number of aryl methyl sites for hydroxylation is 1. The lowest BCUT2D eigenvalue weighted by Gasteiger charge is -2.44. The zero-order chi connectivity index (χ0) is 34.3. The van der Waals surface area contributed by atoms with Gasteiger partial charge in [-0.3, -0.25) is 4.79 Å². The number of hydrogen-bond donors (Lipinski definition) is 5. The van der Waals surface area contributed by atoms with Gasteiger partial charge < -0.3 is 45.8 Å². The van der Waals surface area contributed by atoms with Crippen LogP contribution >= 0.6 is 0 Å². The van der Waals surface area contributed by atoms with E-state index < -0.39 is 17.3 Å². The molecule has 7 N–H and O–H groups in total. The highest BCUT2D eigenvalue weighted by Gasteiger charge is 2.66. The van der Waals surface area contributed by atoms with E-state index in [1.807, 2.05) is 19.9 Å².